The zero-order chi connectivity index (χ0) is 14.7. The standard InChI is InChI=1S/C17H19BrFN/c1-11(2)8-12-4-3-5-13(9-12)17(20)15-10-14(19)6-7-16(15)18/h3-7,9-11,17H,8,20H2,1-2H3. The maximum absolute atomic E-state index is 13.4. The maximum atomic E-state index is 13.4. The average Bonchev–Trinajstić information content (AvgIpc) is 2.40. The minimum Gasteiger partial charge on any atom is -0.320 e. The van der Waals surface area contributed by atoms with Gasteiger partial charge in [-0.2, -0.15) is 0 Å². The van der Waals surface area contributed by atoms with Gasteiger partial charge < -0.3 is 5.73 Å². The van der Waals surface area contributed by atoms with E-state index in [1.165, 1.54) is 17.7 Å². The minimum atomic E-state index is -0.327. The molecule has 0 fully saturated rings. The molecule has 106 valence electrons. The fourth-order valence-corrected chi connectivity index (χ4v) is 2.81. The molecule has 20 heavy (non-hydrogen) atoms. The summed E-state index contributed by atoms with van der Waals surface area (Å²) in [6, 6.07) is 12.5. The highest BCUT2D eigenvalue weighted by Gasteiger charge is 2.13. The van der Waals surface area contributed by atoms with Crippen LogP contribution in [0, 0.1) is 11.7 Å². The molecule has 0 saturated heterocycles. The van der Waals surface area contributed by atoms with Crippen LogP contribution in [0.25, 0.3) is 0 Å². The summed E-state index contributed by atoms with van der Waals surface area (Å²) < 4.78 is 14.2. The summed E-state index contributed by atoms with van der Waals surface area (Å²) in [7, 11) is 0. The molecule has 1 unspecified atom stereocenters. The molecule has 0 aliphatic heterocycles. The van der Waals surface area contributed by atoms with E-state index in [2.05, 4.69) is 41.9 Å². The Hall–Kier alpha value is -1.19. The molecule has 0 aliphatic carbocycles. The monoisotopic (exact) mass is 335 g/mol. The summed E-state index contributed by atoms with van der Waals surface area (Å²) in [5.41, 5.74) is 9.33. The second kappa shape index (κ2) is 6.51. The fraction of sp³-hybridized carbons (Fsp3) is 0.294. The second-order valence-corrected chi connectivity index (χ2v) is 6.34. The molecule has 0 radical (unpaired) electrons. The largest absolute Gasteiger partial charge is 0.320 e. The molecule has 0 bridgehead atoms. The molecular weight excluding hydrogens is 317 g/mol. The van der Waals surface area contributed by atoms with Crippen molar-refractivity contribution in [3.63, 3.8) is 0 Å². The number of rotatable bonds is 4. The molecule has 0 spiro atoms. The van der Waals surface area contributed by atoms with Crippen LogP contribution in [0.15, 0.2) is 46.9 Å². The highest BCUT2D eigenvalue weighted by atomic mass is 79.9. The Labute approximate surface area is 128 Å². The van der Waals surface area contributed by atoms with E-state index >= 15 is 0 Å². The van der Waals surface area contributed by atoms with Crippen LogP contribution in [0.5, 0.6) is 0 Å². The van der Waals surface area contributed by atoms with Crippen molar-refractivity contribution in [2.24, 2.45) is 11.7 Å². The Morgan fingerprint density at radius 1 is 1.15 bits per heavy atom. The third kappa shape index (κ3) is 3.68. The highest BCUT2D eigenvalue weighted by Crippen LogP contribution is 2.28. The van der Waals surface area contributed by atoms with Gasteiger partial charge in [-0.25, -0.2) is 4.39 Å². The molecule has 0 heterocycles. The average molecular weight is 336 g/mol. The van der Waals surface area contributed by atoms with E-state index in [9.17, 15) is 4.39 Å². The minimum absolute atomic E-state index is 0.267. The van der Waals surface area contributed by atoms with E-state index in [-0.39, 0.29) is 11.9 Å². The van der Waals surface area contributed by atoms with Gasteiger partial charge in [-0.15, -0.1) is 0 Å². The van der Waals surface area contributed by atoms with Gasteiger partial charge in [-0.05, 0) is 47.2 Å². The van der Waals surface area contributed by atoms with Crippen molar-refractivity contribution in [1.82, 2.24) is 0 Å². The lowest BCUT2D eigenvalue weighted by atomic mass is 9.95. The van der Waals surface area contributed by atoms with Crippen molar-refractivity contribution in [3.05, 3.63) is 69.4 Å². The SMILES string of the molecule is CC(C)Cc1cccc(C(N)c2cc(F)ccc2Br)c1. The number of nitrogens with two attached hydrogens (primary N) is 1. The van der Waals surface area contributed by atoms with Crippen molar-refractivity contribution < 1.29 is 4.39 Å². The number of hydrogen-bond donors (Lipinski definition) is 1. The van der Waals surface area contributed by atoms with E-state index in [1.807, 2.05) is 12.1 Å². The third-order valence-electron chi connectivity index (χ3n) is 3.25. The van der Waals surface area contributed by atoms with Crippen LogP contribution >= 0.6 is 15.9 Å². The first-order valence-corrected chi connectivity index (χ1v) is 7.56. The molecule has 3 heteroatoms. The van der Waals surface area contributed by atoms with Crippen LogP contribution in [-0.4, -0.2) is 0 Å². The third-order valence-corrected chi connectivity index (χ3v) is 3.97. The second-order valence-electron chi connectivity index (χ2n) is 5.49. The van der Waals surface area contributed by atoms with Gasteiger partial charge in [0.15, 0.2) is 0 Å². The van der Waals surface area contributed by atoms with Gasteiger partial charge in [0, 0.05) is 4.47 Å². The number of hydrogen-bond acceptors (Lipinski definition) is 1. The zero-order valence-electron chi connectivity index (χ0n) is 11.7. The van der Waals surface area contributed by atoms with Crippen molar-refractivity contribution in [2.75, 3.05) is 0 Å². The molecular formula is C17H19BrFN. The Morgan fingerprint density at radius 2 is 1.90 bits per heavy atom. The van der Waals surface area contributed by atoms with Gasteiger partial charge in [-0.3, -0.25) is 0 Å². The van der Waals surface area contributed by atoms with Crippen LogP contribution in [0.1, 0.15) is 36.6 Å². The molecule has 2 aromatic carbocycles. The van der Waals surface area contributed by atoms with E-state index in [1.54, 1.807) is 6.07 Å². The van der Waals surface area contributed by atoms with Crippen molar-refractivity contribution >= 4 is 15.9 Å². The number of benzene rings is 2. The lowest BCUT2D eigenvalue weighted by molar-refractivity contribution is 0.623. The number of halogens is 2. The van der Waals surface area contributed by atoms with E-state index < -0.39 is 0 Å². The van der Waals surface area contributed by atoms with Gasteiger partial charge in [0.2, 0.25) is 0 Å². The Balaban J connectivity index is 2.33. The zero-order valence-corrected chi connectivity index (χ0v) is 13.3. The summed E-state index contributed by atoms with van der Waals surface area (Å²) in [6.07, 6.45) is 1.02. The fourth-order valence-electron chi connectivity index (χ4n) is 2.32. The van der Waals surface area contributed by atoms with E-state index in [0.29, 0.717) is 5.92 Å². The topological polar surface area (TPSA) is 26.0 Å². The van der Waals surface area contributed by atoms with E-state index in [4.69, 9.17) is 5.73 Å². The first-order chi connectivity index (χ1) is 9.47. The smallest absolute Gasteiger partial charge is 0.123 e. The van der Waals surface area contributed by atoms with Gasteiger partial charge in [0.1, 0.15) is 5.82 Å². The van der Waals surface area contributed by atoms with Crippen LogP contribution in [0.2, 0.25) is 0 Å². The van der Waals surface area contributed by atoms with Crippen LogP contribution in [0.3, 0.4) is 0 Å². The Morgan fingerprint density at radius 3 is 2.60 bits per heavy atom. The molecule has 0 aliphatic rings. The first-order valence-electron chi connectivity index (χ1n) is 6.76. The molecule has 0 amide bonds. The summed E-state index contributed by atoms with van der Waals surface area (Å²) in [6.45, 7) is 4.38. The Kier molecular flexibility index (Phi) is 4.95. The predicted molar refractivity (Wildman–Crippen MR) is 85.1 cm³/mol. The first kappa shape index (κ1) is 15.2. The van der Waals surface area contributed by atoms with Crippen molar-refractivity contribution in [2.45, 2.75) is 26.3 Å². The normalized spacial score (nSPS) is 12.7. The molecule has 1 atom stereocenters. The van der Waals surface area contributed by atoms with Crippen LogP contribution in [-0.2, 0) is 6.42 Å². The van der Waals surface area contributed by atoms with Crippen LogP contribution < -0.4 is 5.73 Å². The molecule has 2 aromatic rings. The highest BCUT2D eigenvalue weighted by molar-refractivity contribution is 9.10. The molecule has 2 N–H and O–H groups in total. The molecule has 2 rings (SSSR count). The summed E-state index contributed by atoms with van der Waals surface area (Å²) in [5, 5.41) is 0. The lowest BCUT2D eigenvalue weighted by Gasteiger charge is -2.16. The quantitative estimate of drug-likeness (QED) is 0.850. The van der Waals surface area contributed by atoms with Gasteiger partial charge >= 0.3 is 0 Å². The summed E-state index contributed by atoms with van der Waals surface area (Å²) in [5.74, 6) is 0.333. The van der Waals surface area contributed by atoms with Gasteiger partial charge in [0.05, 0.1) is 6.04 Å². The van der Waals surface area contributed by atoms with Crippen molar-refractivity contribution in [1.29, 1.82) is 0 Å². The summed E-state index contributed by atoms with van der Waals surface area (Å²) in [4.78, 5) is 0. The molecule has 0 saturated carbocycles. The van der Waals surface area contributed by atoms with Crippen LogP contribution in [0.4, 0.5) is 4.39 Å². The Bertz CT molecular complexity index is 595. The lowest BCUT2D eigenvalue weighted by Crippen LogP contribution is -2.13. The summed E-state index contributed by atoms with van der Waals surface area (Å²) >= 11 is 3.44. The molecule has 1 nitrogen and oxygen atoms in total. The van der Waals surface area contributed by atoms with Gasteiger partial charge in [0.25, 0.3) is 0 Å². The van der Waals surface area contributed by atoms with Gasteiger partial charge in [-0.1, -0.05) is 54.0 Å². The van der Waals surface area contributed by atoms with E-state index in [0.717, 1.165) is 22.0 Å². The van der Waals surface area contributed by atoms with Crippen molar-refractivity contribution in [3.8, 4) is 0 Å². The molecule has 0 aromatic heterocycles. The predicted octanol–water partition coefficient (Wildman–Crippen LogP) is 4.83. The maximum Gasteiger partial charge on any atom is 0.123 e.